The minimum Gasteiger partial charge on any atom is -0.445 e. The van der Waals surface area contributed by atoms with Crippen LogP contribution in [0.1, 0.15) is 23.1 Å². The molecule has 0 amide bonds. The zero-order valence-electron chi connectivity index (χ0n) is 8.25. The number of nitrogens with zero attached hydrogens (tertiary/aromatic N) is 2. The molecule has 0 fully saturated rings. The van der Waals surface area contributed by atoms with Crippen molar-refractivity contribution in [3.63, 3.8) is 0 Å². The zero-order chi connectivity index (χ0) is 10.7. The number of rotatable bonds is 3. The van der Waals surface area contributed by atoms with Crippen molar-refractivity contribution in [3.05, 3.63) is 58.7 Å². The Morgan fingerprint density at radius 1 is 1.33 bits per heavy atom. The van der Waals surface area contributed by atoms with E-state index >= 15 is 0 Å². The fraction of sp³-hybridized carbons (Fsp3) is 0.182. The van der Waals surface area contributed by atoms with E-state index in [1.807, 2.05) is 30.3 Å². The third-order valence-electron chi connectivity index (χ3n) is 2.25. The van der Waals surface area contributed by atoms with Gasteiger partial charge in [0.25, 0.3) is 0 Å². The molecule has 0 N–H and O–H groups in total. The Kier molecular flexibility index (Phi) is 2.58. The molecular formula is C11H10N2O2. The Labute approximate surface area is 86.9 Å². The largest absolute Gasteiger partial charge is 0.445 e. The van der Waals surface area contributed by atoms with E-state index in [1.165, 1.54) is 6.39 Å². The van der Waals surface area contributed by atoms with E-state index in [2.05, 4.69) is 10.2 Å². The maximum absolute atomic E-state index is 10.8. The van der Waals surface area contributed by atoms with Gasteiger partial charge in [-0.25, -0.2) is 4.98 Å². The van der Waals surface area contributed by atoms with Crippen molar-refractivity contribution >= 4 is 0 Å². The first-order chi connectivity index (χ1) is 7.33. The smallest absolute Gasteiger partial charge is 0.181 e. The van der Waals surface area contributed by atoms with Gasteiger partial charge in [-0.3, -0.25) is 0 Å². The van der Waals surface area contributed by atoms with Gasteiger partial charge in [-0.05, 0) is 12.5 Å². The molecule has 0 aliphatic carbocycles. The van der Waals surface area contributed by atoms with E-state index in [0.717, 1.165) is 5.56 Å². The summed E-state index contributed by atoms with van der Waals surface area (Å²) in [5, 5.41) is 3.08. The minimum absolute atomic E-state index is 0.510. The Balaban J connectivity index is 2.42. The molecule has 76 valence electrons. The molecule has 0 radical (unpaired) electrons. The summed E-state index contributed by atoms with van der Waals surface area (Å²) in [5.74, 6) is 0.510. The summed E-state index contributed by atoms with van der Waals surface area (Å²) in [6.07, 6.45) is 1.33. The summed E-state index contributed by atoms with van der Waals surface area (Å²) in [7, 11) is 0. The molecular weight excluding hydrogens is 192 g/mol. The first kappa shape index (κ1) is 9.58. The number of hydrogen-bond acceptors (Lipinski definition) is 4. The van der Waals surface area contributed by atoms with Crippen molar-refractivity contribution in [1.82, 2.24) is 4.98 Å². The molecule has 1 atom stereocenters. The quantitative estimate of drug-likeness (QED) is 0.719. The Morgan fingerprint density at radius 3 is 2.60 bits per heavy atom. The lowest BCUT2D eigenvalue weighted by atomic mass is 10.0. The number of oxazole rings is 1. The average Bonchev–Trinajstić information content (AvgIpc) is 2.68. The van der Waals surface area contributed by atoms with E-state index in [9.17, 15) is 4.91 Å². The molecule has 1 heterocycles. The van der Waals surface area contributed by atoms with Gasteiger partial charge in [0, 0.05) is 0 Å². The molecule has 4 nitrogen and oxygen atoms in total. The highest BCUT2D eigenvalue weighted by Crippen LogP contribution is 2.27. The Bertz CT molecular complexity index is 451. The van der Waals surface area contributed by atoms with Crippen LogP contribution in [-0.2, 0) is 0 Å². The van der Waals surface area contributed by atoms with Gasteiger partial charge in [0.2, 0.25) is 0 Å². The second-order valence-corrected chi connectivity index (χ2v) is 3.22. The number of benzene rings is 1. The van der Waals surface area contributed by atoms with Crippen molar-refractivity contribution < 1.29 is 4.42 Å². The van der Waals surface area contributed by atoms with E-state index < -0.39 is 6.04 Å². The van der Waals surface area contributed by atoms with Crippen LogP contribution >= 0.6 is 0 Å². The van der Waals surface area contributed by atoms with Crippen LogP contribution in [0.25, 0.3) is 0 Å². The first-order valence-electron chi connectivity index (χ1n) is 4.60. The van der Waals surface area contributed by atoms with Gasteiger partial charge < -0.3 is 4.42 Å². The monoisotopic (exact) mass is 202 g/mol. The molecule has 1 aromatic carbocycles. The molecule has 15 heavy (non-hydrogen) atoms. The Morgan fingerprint density at radius 2 is 2.07 bits per heavy atom. The molecule has 4 heteroatoms. The molecule has 0 saturated carbocycles. The molecule has 1 unspecified atom stereocenters. The van der Waals surface area contributed by atoms with Crippen molar-refractivity contribution in [1.29, 1.82) is 0 Å². The third-order valence-corrected chi connectivity index (χ3v) is 2.25. The summed E-state index contributed by atoms with van der Waals surface area (Å²) >= 11 is 0. The minimum atomic E-state index is -0.603. The van der Waals surface area contributed by atoms with Crippen molar-refractivity contribution in [2.24, 2.45) is 5.18 Å². The summed E-state index contributed by atoms with van der Waals surface area (Å²) in [4.78, 5) is 14.8. The molecule has 1 aromatic heterocycles. The number of aryl methyl sites for hydroxylation is 1. The summed E-state index contributed by atoms with van der Waals surface area (Å²) < 4.78 is 5.17. The van der Waals surface area contributed by atoms with E-state index in [4.69, 9.17) is 4.42 Å². The van der Waals surface area contributed by atoms with E-state index in [1.54, 1.807) is 6.92 Å². The second kappa shape index (κ2) is 4.04. The third kappa shape index (κ3) is 1.79. The van der Waals surface area contributed by atoms with Gasteiger partial charge in [-0.2, -0.15) is 0 Å². The molecule has 0 aliphatic rings. The van der Waals surface area contributed by atoms with Gasteiger partial charge in [-0.1, -0.05) is 35.5 Å². The predicted octanol–water partition coefficient (Wildman–Crippen LogP) is 2.84. The lowest BCUT2D eigenvalue weighted by Gasteiger charge is -2.06. The van der Waals surface area contributed by atoms with E-state index in [0.29, 0.717) is 11.5 Å². The van der Waals surface area contributed by atoms with Crippen LogP contribution in [0.2, 0.25) is 0 Å². The van der Waals surface area contributed by atoms with Crippen molar-refractivity contribution in [3.8, 4) is 0 Å². The highest BCUT2D eigenvalue weighted by molar-refractivity contribution is 5.28. The topological polar surface area (TPSA) is 55.5 Å². The van der Waals surface area contributed by atoms with Crippen LogP contribution in [0.4, 0.5) is 0 Å². The molecule has 2 rings (SSSR count). The number of nitroso groups, excluding NO2 is 1. The average molecular weight is 202 g/mol. The zero-order valence-corrected chi connectivity index (χ0v) is 8.25. The standard InChI is InChI=1S/C11H10N2O2/c1-8-11(15-7-12-8)10(13-14)9-5-3-2-4-6-9/h2-7,10H,1H3. The second-order valence-electron chi connectivity index (χ2n) is 3.22. The lowest BCUT2D eigenvalue weighted by molar-refractivity contribution is 0.483. The van der Waals surface area contributed by atoms with Crippen LogP contribution in [0.3, 0.4) is 0 Å². The fourth-order valence-corrected chi connectivity index (χ4v) is 1.47. The summed E-state index contributed by atoms with van der Waals surface area (Å²) in [6.45, 7) is 1.79. The maximum Gasteiger partial charge on any atom is 0.181 e. The Hall–Kier alpha value is -1.97. The summed E-state index contributed by atoms with van der Waals surface area (Å²) in [6, 6.07) is 8.69. The highest BCUT2D eigenvalue weighted by Gasteiger charge is 2.20. The van der Waals surface area contributed by atoms with Crippen molar-refractivity contribution in [2.75, 3.05) is 0 Å². The van der Waals surface area contributed by atoms with Crippen LogP contribution in [0.5, 0.6) is 0 Å². The van der Waals surface area contributed by atoms with Gasteiger partial charge in [0.1, 0.15) is 0 Å². The lowest BCUT2D eigenvalue weighted by Crippen LogP contribution is -1.97. The van der Waals surface area contributed by atoms with Gasteiger partial charge in [-0.15, -0.1) is 4.91 Å². The molecule has 2 aromatic rings. The van der Waals surface area contributed by atoms with Gasteiger partial charge >= 0.3 is 0 Å². The first-order valence-corrected chi connectivity index (χ1v) is 4.60. The fourth-order valence-electron chi connectivity index (χ4n) is 1.47. The maximum atomic E-state index is 10.8. The highest BCUT2D eigenvalue weighted by atomic mass is 16.3. The molecule has 0 aliphatic heterocycles. The number of aromatic nitrogens is 1. The van der Waals surface area contributed by atoms with Crippen LogP contribution < -0.4 is 0 Å². The molecule has 0 spiro atoms. The predicted molar refractivity (Wildman–Crippen MR) is 55.3 cm³/mol. The SMILES string of the molecule is Cc1ncoc1C(N=O)c1ccccc1. The van der Waals surface area contributed by atoms with Crippen LogP contribution in [-0.4, -0.2) is 4.98 Å². The van der Waals surface area contributed by atoms with Gasteiger partial charge in [0.05, 0.1) is 5.69 Å². The normalized spacial score (nSPS) is 12.3. The summed E-state index contributed by atoms with van der Waals surface area (Å²) in [5.41, 5.74) is 1.51. The van der Waals surface area contributed by atoms with Crippen molar-refractivity contribution in [2.45, 2.75) is 13.0 Å². The van der Waals surface area contributed by atoms with Gasteiger partial charge in [0.15, 0.2) is 18.2 Å². The van der Waals surface area contributed by atoms with Crippen LogP contribution in [0.15, 0.2) is 46.3 Å². The molecule has 0 saturated heterocycles. The van der Waals surface area contributed by atoms with E-state index in [-0.39, 0.29) is 0 Å². The van der Waals surface area contributed by atoms with Crippen LogP contribution in [0, 0.1) is 11.8 Å². The molecule has 0 bridgehead atoms. The number of hydrogen-bond donors (Lipinski definition) is 0.